The predicted molar refractivity (Wildman–Crippen MR) is 97.4 cm³/mol. The molecule has 1 aromatic rings. The fourth-order valence-corrected chi connectivity index (χ4v) is 4.39. The van der Waals surface area contributed by atoms with Crippen LogP contribution in [0.1, 0.15) is 50.0 Å². The third-order valence-electron chi connectivity index (χ3n) is 5.52. The quantitative estimate of drug-likeness (QED) is 0.628. The minimum absolute atomic E-state index is 0.0567. The first-order chi connectivity index (χ1) is 11.5. The lowest BCUT2D eigenvalue weighted by atomic mass is 9.88. The number of carbonyl (C=O) groups is 1. The number of benzene rings is 1. The molecule has 1 heterocycles. The Morgan fingerprint density at radius 2 is 1.88 bits per heavy atom. The zero-order valence-corrected chi connectivity index (χ0v) is 14.8. The van der Waals surface area contributed by atoms with Gasteiger partial charge in [-0.3, -0.25) is 10.2 Å². The van der Waals surface area contributed by atoms with Gasteiger partial charge in [-0.25, -0.2) is 0 Å². The highest BCUT2D eigenvalue weighted by Crippen LogP contribution is 2.46. The van der Waals surface area contributed by atoms with Gasteiger partial charge in [-0.05, 0) is 61.6 Å². The maximum atomic E-state index is 13.0. The molecule has 0 radical (unpaired) electrons. The third kappa shape index (κ3) is 3.92. The van der Waals surface area contributed by atoms with Crippen LogP contribution in [0.5, 0.6) is 0 Å². The zero-order chi connectivity index (χ0) is 17.1. The Balaban J connectivity index is 1.77. The van der Waals surface area contributed by atoms with E-state index in [0.29, 0.717) is 18.2 Å². The molecule has 3 N–H and O–H groups in total. The number of hydrogen-bond acceptors (Lipinski definition) is 2. The summed E-state index contributed by atoms with van der Waals surface area (Å²) < 4.78 is 0. The standard InChI is InChI=1S/C19H26ClN3O/c20-15-6-4-14(5-7-15)16-11-13(3-8-18(21)22)12-17(16)19(24)23-9-1-2-10-23/h4-7,13,16-17H,1-3,8-12H2,(H3,21,22)/t13?,16-,17+/m0/s1. The molecule has 5 heteroatoms. The van der Waals surface area contributed by atoms with Crippen LogP contribution in [0.4, 0.5) is 0 Å². The van der Waals surface area contributed by atoms with Crippen molar-refractivity contribution in [1.82, 2.24) is 4.90 Å². The van der Waals surface area contributed by atoms with E-state index >= 15 is 0 Å². The van der Waals surface area contributed by atoms with Crippen LogP contribution in [0, 0.1) is 17.2 Å². The fourth-order valence-electron chi connectivity index (χ4n) is 4.26. The molecule has 1 aliphatic carbocycles. The van der Waals surface area contributed by atoms with Crippen LogP contribution in [0.25, 0.3) is 0 Å². The average Bonchev–Trinajstić information content (AvgIpc) is 3.23. The number of rotatable bonds is 5. The van der Waals surface area contributed by atoms with Crippen LogP contribution < -0.4 is 5.73 Å². The van der Waals surface area contributed by atoms with Gasteiger partial charge in [0.1, 0.15) is 0 Å². The second-order valence-electron chi connectivity index (χ2n) is 7.20. The average molecular weight is 348 g/mol. The minimum Gasteiger partial charge on any atom is -0.388 e. The predicted octanol–water partition coefficient (Wildman–Crippen LogP) is 3.79. The maximum absolute atomic E-state index is 13.0. The van der Waals surface area contributed by atoms with Crippen molar-refractivity contribution in [1.29, 1.82) is 5.41 Å². The van der Waals surface area contributed by atoms with Crippen molar-refractivity contribution < 1.29 is 4.79 Å². The van der Waals surface area contributed by atoms with Gasteiger partial charge in [-0.2, -0.15) is 0 Å². The van der Waals surface area contributed by atoms with Crippen molar-refractivity contribution in [2.45, 2.75) is 44.4 Å². The van der Waals surface area contributed by atoms with Crippen molar-refractivity contribution in [3.8, 4) is 0 Å². The van der Waals surface area contributed by atoms with Crippen LogP contribution in [-0.2, 0) is 4.79 Å². The molecule has 4 nitrogen and oxygen atoms in total. The Morgan fingerprint density at radius 3 is 2.50 bits per heavy atom. The van der Waals surface area contributed by atoms with Crippen LogP contribution >= 0.6 is 11.6 Å². The highest BCUT2D eigenvalue weighted by Gasteiger charge is 2.41. The summed E-state index contributed by atoms with van der Waals surface area (Å²) in [4.78, 5) is 15.1. The molecule has 1 saturated carbocycles. The number of carbonyl (C=O) groups excluding carboxylic acids is 1. The molecule has 1 aromatic carbocycles. The first kappa shape index (κ1) is 17.3. The molecule has 24 heavy (non-hydrogen) atoms. The van der Waals surface area contributed by atoms with E-state index < -0.39 is 0 Å². The van der Waals surface area contributed by atoms with E-state index in [-0.39, 0.29) is 17.7 Å². The molecule has 3 rings (SSSR count). The largest absolute Gasteiger partial charge is 0.388 e. The number of hydrogen-bond donors (Lipinski definition) is 2. The topological polar surface area (TPSA) is 70.2 Å². The van der Waals surface area contributed by atoms with Gasteiger partial charge in [0.2, 0.25) is 5.91 Å². The Bertz CT molecular complexity index is 595. The van der Waals surface area contributed by atoms with Crippen molar-refractivity contribution in [3.05, 3.63) is 34.9 Å². The first-order valence-electron chi connectivity index (χ1n) is 8.91. The summed E-state index contributed by atoms with van der Waals surface area (Å²) in [5.74, 6) is 1.34. The Kier molecular flexibility index (Phi) is 5.44. The molecule has 0 bridgehead atoms. The summed E-state index contributed by atoms with van der Waals surface area (Å²) in [5, 5.41) is 8.18. The van der Waals surface area contributed by atoms with E-state index in [1.54, 1.807) is 0 Å². The third-order valence-corrected chi connectivity index (χ3v) is 5.77. The lowest BCUT2D eigenvalue weighted by Crippen LogP contribution is -2.35. The van der Waals surface area contributed by atoms with Gasteiger partial charge in [0.25, 0.3) is 0 Å². The number of likely N-dealkylation sites (tertiary alicyclic amines) is 1. The van der Waals surface area contributed by atoms with Gasteiger partial charge in [0, 0.05) is 30.5 Å². The minimum atomic E-state index is 0.0567. The number of nitrogens with zero attached hydrogens (tertiary/aromatic N) is 1. The van der Waals surface area contributed by atoms with E-state index in [1.807, 2.05) is 17.0 Å². The van der Waals surface area contributed by atoms with Gasteiger partial charge < -0.3 is 10.6 Å². The Morgan fingerprint density at radius 1 is 1.21 bits per heavy atom. The molecule has 0 spiro atoms. The van der Waals surface area contributed by atoms with Crippen LogP contribution in [0.2, 0.25) is 5.02 Å². The van der Waals surface area contributed by atoms with Gasteiger partial charge in [0.05, 0.1) is 5.84 Å². The number of amidine groups is 1. The number of nitrogens with two attached hydrogens (primary N) is 1. The molecule has 1 unspecified atom stereocenters. The summed E-state index contributed by atoms with van der Waals surface area (Å²) in [6, 6.07) is 7.95. The first-order valence-corrected chi connectivity index (χ1v) is 9.29. The molecule has 3 atom stereocenters. The summed E-state index contributed by atoms with van der Waals surface area (Å²) in [6.07, 6.45) is 5.69. The second kappa shape index (κ2) is 7.56. The summed E-state index contributed by atoms with van der Waals surface area (Å²) in [5.41, 5.74) is 6.73. The van der Waals surface area contributed by atoms with E-state index in [4.69, 9.17) is 22.7 Å². The lowest BCUT2D eigenvalue weighted by Gasteiger charge is -2.25. The number of halogens is 1. The summed E-state index contributed by atoms with van der Waals surface area (Å²) in [6.45, 7) is 1.81. The molecule has 1 amide bonds. The zero-order valence-electron chi connectivity index (χ0n) is 14.0. The van der Waals surface area contributed by atoms with Crippen LogP contribution in [0.15, 0.2) is 24.3 Å². The Labute approximate surface area is 148 Å². The smallest absolute Gasteiger partial charge is 0.226 e. The molecule has 1 aliphatic heterocycles. The number of amides is 1. The van der Waals surface area contributed by atoms with Crippen LogP contribution in [-0.4, -0.2) is 29.7 Å². The normalized spacial score (nSPS) is 26.7. The Hall–Kier alpha value is -1.55. The van der Waals surface area contributed by atoms with Crippen molar-refractivity contribution >= 4 is 23.3 Å². The van der Waals surface area contributed by atoms with Gasteiger partial charge >= 0.3 is 0 Å². The highest BCUT2D eigenvalue weighted by atomic mass is 35.5. The molecule has 0 aromatic heterocycles. The van der Waals surface area contributed by atoms with Gasteiger partial charge in [-0.1, -0.05) is 23.7 Å². The summed E-state index contributed by atoms with van der Waals surface area (Å²) in [7, 11) is 0. The van der Waals surface area contributed by atoms with E-state index in [9.17, 15) is 4.79 Å². The molecule has 1 saturated heterocycles. The van der Waals surface area contributed by atoms with E-state index in [2.05, 4.69) is 12.1 Å². The summed E-state index contributed by atoms with van der Waals surface area (Å²) >= 11 is 6.02. The molecule has 2 aliphatic rings. The molecular weight excluding hydrogens is 322 g/mol. The van der Waals surface area contributed by atoms with Gasteiger partial charge in [-0.15, -0.1) is 0 Å². The van der Waals surface area contributed by atoms with E-state index in [1.165, 1.54) is 5.56 Å². The molecular formula is C19H26ClN3O. The monoisotopic (exact) mass is 347 g/mol. The maximum Gasteiger partial charge on any atom is 0.226 e. The van der Waals surface area contributed by atoms with Crippen LogP contribution in [0.3, 0.4) is 0 Å². The SMILES string of the molecule is N=C(N)CCC1C[C@@H](C(=O)N2CCCC2)[C@H](c2ccc(Cl)cc2)C1. The second-order valence-corrected chi connectivity index (χ2v) is 7.63. The van der Waals surface area contributed by atoms with Crippen molar-refractivity contribution in [3.63, 3.8) is 0 Å². The van der Waals surface area contributed by atoms with Crippen molar-refractivity contribution in [2.75, 3.05) is 13.1 Å². The fraction of sp³-hybridized carbons (Fsp3) is 0.579. The highest BCUT2D eigenvalue weighted by molar-refractivity contribution is 6.30. The van der Waals surface area contributed by atoms with E-state index in [0.717, 1.165) is 50.2 Å². The lowest BCUT2D eigenvalue weighted by molar-refractivity contribution is -0.134. The number of nitrogens with one attached hydrogen (secondary N) is 1. The molecule has 130 valence electrons. The molecule has 2 fully saturated rings. The van der Waals surface area contributed by atoms with Crippen molar-refractivity contribution in [2.24, 2.45) is 17.6 Å². The van der Waals surface area contributed by atoms with Gasteiger partial charge in [0.15, 0.2) is 0 Å².